The van der Waals surface area contributed by atoms with Gasteiger partial charge in [0.25, 0.3) is 0 Å². The van der Waals surface area contributed by atoms with Crippen LogP contribution >= 0.6 is 0 Å². The Morgan fingerprint density at radius 1 is 0.917 bits per heavy atom. The summed E-state index contributed by atoms with van der Waals surface area (Å²) in [5, 5.41) is 14.6. The van der Waals surface area contributed by atoms with Crippen molar-refractivity contribution < 1.29 is 0 Å². The largest absolute Gasteiger partial charge is 0.349 e. The van der Waals surface area contributed by atoms with Gasteiger partial charge in [0, 0.05) is 12.2 Å². The molecule has 2 aromatic carbocycles. The number of anilines is 3. The Kier molecular flexibility index (Phi) is 4.70. The van der Waals surface area contributed by atoms with Crippen LogP contribution in [0.15, 0.2) is 48.7 Å². The first-order chi connectivity index (χ1) is 11.6. The number of rotatable bonds is 5. The molecule has 5 heteroatoms. The lowest BCUT2D eigenvalue weighted by Gasteiger charge is -2.10. The van der Waals surface area contributed by atoms with Crippen molar-refractivity contribution in [2.24, 2.45) is 0 Å². The van der Waals surface area contributed by atoms with Crippen molar-refractivity contribution in [3.05, 3.63) is 70.9 Å². The molecule has 0 unspecified atom stereocenters. The van der Waals surface area contributed by atoms with Gasteiger partial charge in [-0.3, -0.25) is 0 Å². The highest BCUT2D eigenvalue weighted by molar-refractivity contribution is 5.58. The quantitative estimate of drug-likeness (QED) is 0.739. The van der Waals surface area contributed by atoms with Crippen LogP contribution in [-0.4, -0.2) is 15.2 Å². The van der Waals surface area contributed by atoms with Crippen molar-refractivity contribution in [2.75, 3.05) is 10.6 Å². The highest BCUT2D eigenvalue weighted by Crippen LogP contribution is 2.18. The second-order valence-electron chi connectivity index (χ2n) is 5.87. The van der Waals surface area contributed by atoms with E-state index in [9.17, 15) is 0 Å². The van der Waals surface area contributed by atoms with Gasteiger partial charge in [-0.05, 0) is 55.2 Å². The molecule has 0 fully saturated rings. The van der Waals surface area contributed by atoms with E-state index in [1.165, 1.54) is 22.3 Å². The Balaban J connectivity index is 1.69. The minimum absolute atomic E-state index is 0.507. The predicted molar refractivity (Wildman–Crippen MR) is 97.5 cm³/mol. The summed E-state index contributed by atoms with van der Waals surface area (Å²) in [6.45, 7) is 6.95. The molecule has 1 heterocycles. The summed E-state index contributed by atoms with van der Waals surface area (Å²) in [5.41, 5.74) is 5.95. The maximum atomic E-state index is 4.47. The lowest BCUT2D eigenvalue weighted by molar-refractivity contribution is 0.946. The van der Waals surface area contributed by atoms with E-state index in [4.69, 9.17) is 0 Å². The molecule has 0 aliphatic rings. The molecule has 0 saturated heterocycles. The van der Waals surface area contributed by atoms with Gasteiger partial charge in [0.1, 0.15) is 0 Å². The molecule has 0 radical (unpaired) electrons. The van der Waals surface area contributed by atoms with Crippen molar-refractivity contribution in [2.45, 2.75) is 27.3 Å². The zero-order valence-electron chi connectivity index (χ0n) is 14.2. The van der Waals surface area contributed by atoms with Crippen molar-refractivity contribution in [1.82, 2.24) is 15.2 Å². The summed E-state index contributed by atoms with van der Waals surface area (Å²) in [7, 11) is 0. The zero-order chi connectivity index (χ0) is 16.9. The normalized spacial score (nSPS) is 10.5. The molecule has 0 aliphatic heterocycles. The van der Waals surface area contributed by atoms with Gasteiger partial charge in [0.05, 0.1) is 6.20 Å². The third-order valence-corrected chi connectivity index (χ3v) is 4.04. The molecule has 0 amide bonds. The van der Waals surface area contributed by atoms with Gasteiger partial charge in [-0.25, -0.2) is 0 Å². The van der Waals surface area contributed by atoms with Crippen LogP contribution in [0.2, 0.25) is 0 Å². The Hall–Kier alpha value is -2.95. The summed E-state index contributed by atoms with van der Waals surface area (Å²) in [4.78, 5) is 4.47. The van der Waals surface area contributed by atoms with E-state index in [0.717, 1.165) is 5.69 Å². The third kappa shape index (κ3) is 3.87. The van der Waals surface area contributed by atoms with Crippen LogP contribution in [0.25, 0.3) is 0 Å². The van der Waals surface area contributed by atoms with E-state index in [2.05, 4.69) is 70.9 Å². The number of hydrogen-bond donors (Lipinski definition) is 2. The van der Waals surface area contributed by atoms with Crippen LogP contribution < -0.4 is 10.6 Å². The Morgan fingerprint density at radius 3 is 2.54 bits per heavy atom. The molecule has 24 heavy (non-hydrogen) atoms. The van der Waals surface area contributed by atoms with E-state index >= 15 is 0 Å². The molecule has 0 aliphatic carbocycles. The number of nitrogens with one attached hydrogen (secondary N) is 2. The first-order valence-corrected chi connectivity index (χ1v) is 7.94. The smallest absolute Gasteiger partial charge is 0.244 e. The molecule has 5 nitrogen and oxygen atoms in total. The first-order valence-electron chi connectivity index (χ1n) is 7.94. The summed E-state index contributed by atoms with van der Waals surface area (Å²) in [6, 6.07) is 14.5. The molecule has 3 rings (SSSR count). The maximum absolute atomic E-state index is 4.47. The van der Waals surface area contributed by atoms with E-state index in [1.54, 1.807) is 6.20 Å². The van der Waals surface area contributed by atoms with Gasteiger partial charge < -0.3 is 10.6 Å². The maximum Gasteiger partial charge on any atom is 0.244 e. The number of hydrogen-bond acceptors (Lipinski definition) is 5. The molecule has 2 N–H and O–H groups in total. The lowest BCUT2D eigenvalue weighted by Crippen LogP contribution is -2.07. The standard InChI is InChI=1S/C19H21N5/c1-13-8-9-17(10-15(13)3)22-18-12-21-24-19(23-18)20-11-16-7-5-4-6-14(16)2/h4-10,12H,11H2,1-3H3,(H2,20,22,23,24). The number of nitrogens with zero attached hydrogens (tertiary/aromatic N) is 3. The van der Waals surface area contributed by atoms with Crippen LogP contribution in [0, 0.1) is 20.8 Å². The van der Waals surface area contributed by atoms with Crippen LogP contribution in [0.1, 0.15) is 22.3 Å². The van der Waals surface area contributed by atoms with Crippen LogP contribution in [0.4, 0.5) is 17.5 Å². The molecule has 0 bridgehead atoms. The predicted octanol–water partition coefficient (Wildman–Crippen LogP) is 4.15. The highest BCUT2D eigenvalue weighted by Gasteiger charge is 2.03. The number of aryl methyl sites for hydroxylation is 3. The van der Waals surface area contributed by atoms with Gasteiger partial charge in [-0.15, -0.1) is 5.10 Å². The zero-order valence-corrected chi connectivity index (χ0v) is 14.2. The number of benzene rings is 2. The minimum Gasteiger partial charge on any atom is -0.349 e. The summed E-state index contributed by atoms with van der Waals surface area (Å²) < 4.78 is 0. The van der Waals surface area contributed by atoms with Gasteiger partial charge in [0.2, 0.25) is 5.95 Å². The van der Waals surface area contributed by atoms with E-state index < -0.39 is 0 Å². The van der Waals surface area contributed by atoms with Crippen molar-refractivity contribution in [3.63, 3.8) is 0 Å². The molecule has 0 saturated carbocycles. The lowest BCUT2D eigenvalue weighted by atomic mass is 10.1. The molecular formula is C19H21N5. The fraction of sp³-hybridized carbons (Fsp3) is 0.211. The van der Waals surface area contributed by atoms with E-state index in [-0.39, 0.29) is 0 Å². The first kappa shape index (κ1) is 15.9. The van der Waals surface area contributed by atoms with Gasteiger partial charge >= 0.3 is 0 Å². The fourth-order valence-corrected chi connectivity index (χ4v) is 2.39. The van der Waals surface area contributed by atoms with Crippen molar-refractivity contribution in [3.8, 4) is 0 Å². The van der Waals surface area contributed by atoms with Crippen molar-refractivity contribution in [1.29, 1.82) is 0 Å². The number of aromatic nitrogens is 3. The SMILES string of the molecule is Cc1ccc(Nc2cnnc(NCc3ccccc3C)n2)cc1C. The summed E-state index contributed by atoms with van der Waals surface area (Å²) >= 11 is 0. The summed E-state index contributed by atoms with van der Waals surface area (Å²) in [6.07, 6.45) is 1.62. The van der Waals surface area contributed by atoms with Gasteiger partial charge in [-0.1, -0.05) is 30.3 Å². The van der Waals surface area contributed by atoms with Crippen molar-refractivity contribution >= 4 is 17.5 Å². The van der Waals surface area contributed by atoms with Crippen LogP contribution in [-0.2, 0) is 6.54 Å². The van der Waals surface area contributed by atoms with E-state index in [1.807, 2.05) is 18.2 Å². The molecular weight excluding hydrogens is 298 g/mol. The molecule has 122 valence electrons. The van der Waals surface area contributed by atoms with E-state index in [0.29, 0.717) is 18.3 Å². The van der Waals surface area contributed by atoms with Crippen LogP contribution in [0.5, 0.6) is 0 Å². The van der Waals surface area contributed by atoms with Crippen LogP contribution in [0.3, 0.4) is 0 Å². The molecule has 0 atom stereocenters. The molecule has 0 spiro atoms. The third-order valence-electron chi connectivity index (χ3n) is 4.04. The van der Waals surface area contributed by atoms with Gasteiger partial charge in [-0.2, -0.15) is 10.1 Å². The highest BCUT2D eigenvalue weighted by atomic mass is 15.3. The van der Waals surface area contributed by atoms with Gasteiger partial charge in [0.15, 0.2) is 5.82 Å². The minimum atomic E-state index is 0.507. The Labute approximate surface area is 142 Å². The second kappa shape index (κ2) is 7.08. The average Bonchev–Trinajstić information content (AvgIpc) is 2.58. The monoisotopic (exact) mass is 319 g/mol. The Bertz CT molecular complexity index is 845. The summed E-state index contributed by atoms with van der Waals surface area (Å²) in [5.74, 6) is 1.17. The average molecular weight is 319 g/mol. The molecule has 1 aromatic heterocycles. The fourth-order valence-electron chi connectivity index (χ4n) is 2.39. The second-order valence-corrected chi connectivity index (χ2v) is 5.87. The topological polar surface area (TPSA) is 62.7 Å². The Morgan fingerprint density at radius 2 is 1.75 bits per heavy atom. The molecule has 3 aromatic rings.